The zero-order valence-electron chi connectivity index (χ0n) is 13.8. The second-order valence-electron chi connectivity index (χ2n) is 6.41. The van der Waals surface area contributed by atoms with Crippen LogP contribution in [0.1, 0.15) is 35.7 Å². The molecule has 2 aromatic rings. The van der Waals surface area contributed by atoms with Gasteiger partial charge in [-0.3, -0.25) is 4.79 Å². The normalized spacial score (nSPS) is 25.4. The second-order valence-corrected chi connectivity index (χ2v) is 6.41. The highest BCUT2D eigenvalue weighted by Crippen LogP contribution is 2.34. The van der Waals surface area contributed by atoms with Crippen LogP contribution in [-0.4, -0.2) is 45.9 Å². The van der Waals surface area contributed by atoms with Crippen molar-refractivity contribution in [3.05, 3.63) is 42.5 Å². The van der Waals surface area contributed by atoms with E-state index in [0.717, 1.165) is 19.3 Å². The van der Waals surface area contributed by atoms with Crippen LogP contribution in [-0.2, 0) is 0 Å². The molecule has 1 amide bonds. The van der Waals surface area contributed by atoms with Gasteiger partial charge in [0.05, 0.1) is 30.1 Å². The molecular weight excluding hydrogens is 322 g/mol. The van der Waals surface area contributed by atoms with E-state index in [1.54, 1.807) is 30.7 Å². The van der Waals surface area contributed by atoms with E-state index in [0.29, 0.717) is 30.3 Å². The van der Waals surface area contributed by atoms with Gasteiger partial charge in [-0.05, 0) is 31.4 Å². The summed E-state index contributed by atoms with van der Waals surface area (Å²) in [5.74, 6) is 0.805. The summed E-state index contributed by atoms with van der Waals surface area (Å²) in [7, 11) is 0. The first-order chi connectivity index (χ1) is 12.2. The van der Waals surface area contributed by atoms with Crippen LogP contribution in [0.5, 0.6) is 11.5 Å². The number of fused-ring (bicyclic) bond motifs is 1. The van der Waals surface area contributed by atoms with Crippen LogP contribution in [0.4, 0.5) is 0 Å². The summed E-state index contributed by atoms with van der Waals surface area (Å²) in [6.45, 7) is 0.901. The number of nitrogens with zero attached hydrogens (tertiary/aromatic N) is 2. The molecule has 7 heteroatoms. The summed E-state index contributed by atoms with van der Waals surface area (Å²) in [5.41, 5.74) is 0.439. The molecule has 25 heavy (non-hydrogen) atoms. The predicted octanol–water partition coefficient (Wildman–Crippen LogP) is 1.54. The number of hydrogen-bond acceptors (Lipinski definition) is 5. The van der Waals surface area contributed by atoms with Gasteiger partial charge in [0.15, 0.2) is 11.5 Å². The number of aliphatic hydroxyl groups excluding tert-OH is 1. The van der Waals surface area contributed by atoms with Crippen molar-refractivity contribution in [2.45, 2.75) is 37.5 Å². The van der Waals surface area contributed by atoms with Crippen LogP contribution >= 0.6 is 0 Å². The highest BCUT2D eigenvalue weighted by molar-refractivity contribution is 5.98. The van der Waals surface area contributed by atoms with Gasteiger partial charge in [-0.2, -0.15) is 0 Å². The first kappa shape index (κ1) is 16.0. The molecule has 2 heterocycles. The molecule has 0 bridgehead atoms. The van der Waals surface area contributed by atoms with Gasteiger partial charge >= 0.3 is 0 Å². The lowest BCUT2D eigenvalue weighted by Gasteiger charge is -2.36. The van der Waals surface area contributed by atoms with E-state index in [2.05, 4.69) is 10.3 Å². The van der Waals surface area contributed by atoms with Gasteiger partial charge < -0.3 is 24.5 Å². The maximum atomic E-state index is 12.7. The quantitative estimate of drug-likeness (QED) is 0.883. The zero-order chi connectivity index (χ0) is 17.2. The topological polar surface area (TPSA) is 85.6 Å². The average Bonchev–Trinajstić information content (AvgIpc) is 3.17. The fourth-order valence-corrected chi connectivity index (χ4v) is 3.60. The zero-order valence-corrected chi connectivity index (χ0v) is 13.8. The number of ether oxygens (including phenoxy) is 2. The Labute approximate surface area is 145 Å². The van der Waals surface area contributed by atoms with E-state index in [1.165, 1.54) is 0 Å². The van der Waals surface area contributed by atoms with Crippen LogP contribution in [0.2, 0.25) is 0 Å². The van der Waals surface area contributed by atoms with Crippen LogP contribution in [0.15, 0.2) is 36.9 Å². The molecule has 0 radical (unpaired) electrons. The fourth-order valence-electron chi connectivity index (χ4n) is 3.60. The highest BCUT2D eigenvalue weighted by atomic mass is 16.6. The first-order valence-corrected chi connectivity index (χ1v) is 8.59. The minimum Gasteiger partial charge on any atom is -0.486 e. The fraction of sp³-hybridized carbons (Fsp3) is 0.444. The summed E-state index contributed by atoms with van der Waals surface area (Å²) >= 11 is 0. The van der Waals surface area contributed by atoms with Gasteiger partial charge in [0.1, 0.15) is 13.2 Å². The maximum absolute atomic E-state index is 12.7. The third kappa shape index (κ3) is 3.07. The molecule has 0 unspecified atom stereocenters. The lowest BCUT2D eigenvalue weighted by Crippen LogP contribution is -2.49. The minimum atomic E-state index is -0.663. The third-order valence-electron chi connectivity index (χ3n) is 4.86. The molecule has 7 nitrogen and oxygen atoms in total. The Bertz CT molecular complexity index is 747. The monoisotopic (exact) mass is 343 g/mol. The lowest BCUT2D eigenvalue weighted by molar-refractivity contribution is 0.0397. The Balaban J connectivity index is 1.51. The summed E-state index contributed by atoms with van der Waals surface area (Å²) < 4.78 is 13.0. The summed E-state index contributed by atoms with van der Waals surface area (Å²) in [5, 5.41) is 13.7. The van der Waals surface area contributed by atoms with Crippen molar-refractivity contribution in [1.82, 2.24) is 14.9 Å². The molecule has 0 spiro atoms. The molecule has 2 aliphatic rings. The van der Waals surface area contributed by atoms with E-state index >= 15 is 0 Å². The van der Waals surface area contributed by atoms with Gasteiger partial charge in [-0.25, -0.2) is 4.98 Å². The van der Waals surface area contributed by atoms with E-state index in [9.17, 15) is 9.90 Å². The SMILES string of the molecule is O=C(N[C@@H]1CCC[C@@H](n2ccnc2)[C@@H]1O)c1cccc2c1OCCO2. The molecule has 1 saturated carbocycles. The Morgan fingerprint density at radius 2 is 2.16 bits per heavy atom. The molecule has 2 N–H and O–H groups in total. The molecule has 1 aromatic carbocycles. The van der Waals surface area contributed by atoms with E-state index in [4.69, 9.17) is 9.47 Å². The molecular formula is C18H21N3O4. The number of amides is 1. The number of para-hydroxylation sites is 1. The van der Waals surface area contributed by atoms with E-state index < -0.39 is 6.10 Å². The number of aliphatic hydroxyl groups is 1. The summed E-state index contributed by atoms with van der Waals surface area (Å²) in [6, 6.07) is 4.88. The predicted molar refractivity (Wildman–Crippen MR) is 89.8 cm³/mol. The molecule has 3 atom stereocenters. The van der Waals surface area contributed by atoms with Crippen molar-refractivity contribution < 1.29 is 19.4 Å². The van der Waals surface area contributed by atoms with Gasteiger partial charge in [0.25, 0.3) is 5.91 Å². The number of imidazole rings is 1. The number of hydrogen-bond donors (Lipinski definition) is 2. The number of benzene rings is 1. The van der Waals surface area contributed by atoms with Gasteiger partial charge in [-0.15, -0.1) is 0 Å². The van der Waals surface area contributed by atoms with Gasteiger partial charge in [0, 0.05) is 12.4 Å². The second kappa shape index (κ2) is 6.76. The van der Waals surface area contributed by atoms with Crippen molar-refractivity contribution in [3.8, 4) is 11.5 Å². The van der Waals surface area contributed by atoms with Crippen molar-refractivity contribution >= 4 is 5.91 Å². The summed E-state index contributed by atoms with van der Waals surface area (Å²) in [4.78, 5) is 16.8. The largest absolute Gasteiger partial charge is 0.486 e. The van der Waals surface area contributed by atoms with Gasteiger partial charge in [-0.1, -0.05) is 6.07 Å². The molecule has 1 fully saturated rings. The minimum absolute atomic E-state index is 0.0779. The van der Waals surface area contributed by atoms with Crippen molar-refractivity contribution in [3.63, 3.8) is 0 Å². The Morgan fingerprint density at radius 3 is 3.00 bits per heavy atom. The molecule has 1 aromatic heterocycles. The van der Waals surface area contributed by atoms with Crippen molar-refractivity contribution in [2.24, 2.45) is 0 Å². The number of carbonyl (C=O) groups is 1. The standard InChI is InChI=1S/C18H21N3O4/c22-16-13(4-2-5-14(16)21-8-7-19-11-21)20-18(23)12-3-1-6-15-17(12)25-10-9-24-15/h1,3,6-8,11,13-14,16,22H,2,4-5,9-10H2,(H,20,23)/t13-,14-,16-/m1/s1. The van der Waals surface area contributed by atoms with E-state index in [1.807, 2.05) is 10.8 Å². The molecule has 0 saturated heterocycles. The molecule has 1 aliphatic heterocycles. The molecule has 1 aliphatic carbocycles. The molecule has 132 valence electrons. The maximum Gasteiger partial charge on any atom is 0.255 e. The summed E-state index contributed by atoms with van der Waals surface area (Å²) in [6.07, 6.45) is 7.11. The Hall–Kier alpha value is -2.54. The Morgan fingerprint density at radius 1 is 1.28 bits per heavy atom. The van der Waals surface area contributed by atoms with Crippen molar-refractivity contribution in [2.75, 3.05) is 13.2 Å². The van der Waals surface area contributed by atoms with Gasteiger partial charge in [0.2, 0.25) is 0 Å². The molecule has 4 rings (SSSR count). The lowest BCUT2D eigenvalue weighted by atomic mass is 9.87. The van der Waals surface area contributed by atoms with E-state index in [-0.39, 0.29) is 18.0 Å². The average molecular weight is 343 g/mol. The van der Waals surface area contributed by atoms with Crippen LogP contribution in [0.25, 0.3) is 0 Å². The number of nitrogens with one attached hydrogen (secondary N) is 1. The first-order valence-electron chi connectivity index (χ1n) is 8.59. The number of rotatable bonds is 3. The van der Waals surface area contributed by atoms with Crippen LogP contribution in [0.3, 0.4) is 0 Å². The van der Waals surface area contributed by atoms with Crippen LogP contribution in [0, 0.1) is 0 Å². The highest BCUT2D eigenvalue weighted by Gasteiger charge is 2.34. The number of aromatic nitrogens is 2. The van der Waals surface area contributed by atoms with Crippen LogP contribution < -0.4 is 14.8 Å². The third-order valence-corrected chi connectivity index (χ3v) is 4.86. The smallest absolute Gasteiger partial charge is 0.255 e. The Kier molecular flexibility index (Phi) is 4.31. The number of carbonyl (C=O) groups excluding carboxylic acids is 1. The van der Waals surface area contributed by atoms with Crippen molar-refractivity contribution in [1.29, 1.82) is 0 Å².